The predicted octanol–water partition coefficient (Wildman–Crippen LogP) is 2.10. The van der Waals surface area contributed by atoms with Crippen molar-refractivity contribution in [1.29, 1.82) is 0 Å². The molecule has 0 radical (unpaired) electrons. The first kappa shape index (κ1) is 11.5. The van der Waals surface area contributed by atoms with Gasteiger partial charge in [0.15, 0.2) is 11.6 Å². The van der Waals surface area contributed by atoms with E-state index in [4.69, 9.17) is 5.11 Å². The number of hydrogen-bond donors (Lipinski definition) is 2. The fraction of sp³-hybridized carbons (Fsp3) is 0.364. The van der Waals surface area contributed by atoms with Crippen molar-refractivity contribution in [3.63, 3.8) is 0 Å². The van der Waals surface area contributed by atoms with Gasteiger partial charge in [-0.05, 0) is 30.5 Å². The summed E-state index contributed by atoms with van der Waals surface area (Å²) >= 11 is 0. The highest BCUT2D eigenvalue weighted by atomic mass is 19.1. The van der Waals surface area contributed by atoms with Crippen molar-refractivity contribution >= 4 is 5.97 Å². The third kappa shape index (κ3) is 2.68. The Bertz CT molecular complexity index is 388. The Labute approximate surface area is 87.2 Å². The number of benzene rings is 1. The first-order chi connectivity index (χ1) is 6.91. The molecule has 3 nitrogen and oxygen atoms in total. The minimum Gasteiger partial charge on any atom is -0.505 e. The predicted molar refractivity (Wildman–Crippen MR) is 53.3 cm³/mol. The van der Waals surface area contributed by atoms with Crippen LogP contribution in [0.4, 0.5) is 4.39 Å². The van der Waals surface area contributed by atoms with Gasteiger partial charge >= 0.3 is 5.97 Å². The number of halogens is 1. The van der Waals surface area contributed by atoms with Crippen LogP contribution in [-0.2, 0) is 11.2 Å². The minimum atomic E-state index is -0.976. The summed E-state index contributed by atoms with van der Waals surface area (Å²) < 4.78 is 13.4. The largest absolute Gasteiger partial charge is 0.505 e. The third-order valence-electron chi connectivity index (χ3n) is 2.22. The molecule has 4 heteroatoms. The average Bonchev–Trinajstić information content (AvgIpc) is 2.13. The Hall–Kier alpha value is -1.58. The zero-order valence-corrected chi connectivity index (χ0v) is 8.62. The van der Waals surface area contributed by atoms with E-state index in [0.717, 1.165) is 0 Å². The number of rotatable bonds is 3. The van der Waals surface area contributed by atoms with Gasteiger partial charge in [0.05, 0.1) is 5.92 Å². The summed E-state index contributed by atoms with van der Waals surface area (Å²) in [5.41, 5.74) is 0.948. The molecule has 82 valence electrons. The zero-order chi connectivity index (χ0) is 11.6. The van der Waals surface area contributed by atoms with E-state index in [1.54, 1.807) is 13.0 Å². The molecule has 0 aromatic heterocycles. The van der Waals surface area contributed by atoms with E-state index in [2.05, 4.69) is 0 Å². The van der Waals surface area contributed by atoms with Crippen LogP contribution in [0.5, 0.6) is 5.75 Å². The van der Waals surface area contributed by atoms with E-state index in [1.165, 1.54) is 13.0 Å². The van der Waals surface area contributed by atoms with Gasteiger partial charge in [-0.3, -0.25) is 4.79 Å². The van der Waals surface area contributed by atoms with Gasteiger partial charge in [0, 0.05) is 0 Å². The Kier molecular flexibility index (Phi) is 3.29. The van der Waals surface area contributed by atoms with Crippen molar-refractivity contribution in [2.75, 3.05) is 0 Å². The molecular formula is C11H13FO3. The maximum Gasteiger partial charge on any atom is 0.306 e. The first-order valence-electron chi connectivity index (χ1n) is 4.62. The number of carbonyl (C=O) groups is 1. The van der Waals surface area contributed by atoms with E-state index in [9.17, 15) is 14.3 Å². The summed E-state index contributed by atoms with van der Waals surface area (Å²) in [6.45, 7) is 3.22. The second-order valence-electron chi connectivity index (χ2n) is 3.70. The van der Waals surface area contributed by atoms with Crippen molar-refractivity contribution in [3.05, 3.63) is 29.1 Å². The number of phenolic OH excluding ortho intramolecular Hbond substituents is 1. The van der Waals surface area contributed by atoms with Gasteiger partial charge < -0.3 is 10.2 Å². The van der Waals surface area contributed by atoms with Crippen LogP contribution in [0.25, 0.3) is 0 Å². The Morgan fingerprint density at radius 3 is 2.67 bits per heavy atom. The summed E-state index contributed by atoms with van der Waals surface area (Å²) in [5, 5.41) is 17.9. The van der Waals surface area contributed by atoms with Crippen LogP contribution < -0.4 is 0 Å². The van der Waals surface area contributed by atoms with Gasteiger partial charge in [-0.1, -0.05) is 13.0 Å². The lowest BCUT2D eigenvalue weighted by Gasteiger charge is -2.09. The zero-order valence-electron chi connectivity index (χ0n) is 8.62. The Morgan fingerprint density at radius 1 is 1.53 bits per heavy atom. The third-order valence-corrected chi connectivity index (χ3v) is 2.22. The fourth-order valence-electron chi connectivity index (χ4n) is 1.39. The summed E-state index contributed by atoms with van der Waals surface area (Å²) in [7, 11) is 0. The standard InChI is InChI=1S/C11H13FO3/c1-6-3-8(5-7(2)11(14)15)10(12)9(13)4-6/h3-4,7,13H,5H2,1-2H3,(H,14,15). The van der Waals surface area contributed by atoms with Crippen LogP contribution in [0.3, 0.4) is 0 Å². The molecule has 1 atom stereocenters. The number of phenols is 1. The minimum absolute atomic E-state index is 0.0798. The number of hydrogen-bond acceptors (Lipinski definition) is 2. The quantitative estimate of drug-likeness (QED) is 0.806. The molecule has 1 aromatic rings. The maximum atomic E-state index is 13.4. The van der Waals surface area contributed by atoms with Crippen LogP contribution in [-0.4, -0.2) is 16.2 Å². The molecular weight excluding hydrogens is 199 g/mol. The molecule has 0 saturated carbocycles. The fourth-order valence-corrected chi connectivity index (χ4v) is 1.39. The molecule has 1 rings (SSSR count). The second kappa shape index (κ2) is 4.29. The smallest absolute Gasteiger partial charge is 0.306 e. The molecule has 0 saturated heterocycles. The molecule has 0 spiro atoms. The molecule has 0 fully saturated rings. The highest BCUT2D eigenvalue weighted by molar-refractivity contribution is 5.70. The molecule has 0 bridgehead atoms. The second-order valence-corrected chi connectivity index (χ2v) is 3.70. The van der Waals surface area contributed by atoms with Crippen LogP contribution in [0.15, 0.2) is 12.1 Å². The summed E-state index contributed by atoms with van der Waals surface area (Å²) in [6, 6.07) is 2.86. The molecule has 15 heavy (non-hydrogen) atoms. The normalized spacial score (nSPS) is 12.5. The highest BCUT2D eigenvalue weighted by Crippen LogP contribution is 2.23. The molecule has 0 aliphatic heterocycles. The van der Waals surface area contributed by atoms with E-state index in [0.29, 0.717) is 5.56 Å². The number of carboxylic acid groups (broad SMARTS) is 1. The average molecular weight is 212 g/mol. The van der Waals surface area contributed by atoms with Gasteiger partial charge in [0.1, 0.15) is 0 Å². The van der Waals surface area contributed by atoms with Crippen molar-refractivity contribution in [2.45, 2.75) is 20.3 Å². The van der Waals surface area contributed by atoms with Gasteiger partial charge in [-0.15, -0.1) is 0 Å². The lowest BCUT2D eigenvalue weighted by Crippen LogP contribution is -2.13. The van der Waals surface area contributed by atoms with Crippen LogP contribution in [0.1, 0.15) is 18.1 Å². The Balaban J connectivity index is 2.99. The van der Waals surface area contributed by atoms with E-state index in [-0.39, 0.29) is 12.0 Å². The van der Waals surface area contributed by atoms with Gasteiger partial charge in [0.25, 0.3) is 0 Å². The van der Waals surface area contributed by atoms with Crippen molar-refractivity contribution in [1.82, 2.24) is 0 Å². The van der Waals surface area contributed by atoms with Crippen LogP contribution >= 0.6 is 0 Å². The van der Waals surface area contributed by atoms with Gasteiger partial charge in [-0.25, -0.2) is 4.39 Å². The molecule has 0 aliphatic carbocycles. The van der Waals surface area contributed by atoms with Crippen molar-refractivity contribution < 1.29 is 19.4 Å². The van der Waals surface area contributed by atoms with E-state index < -0.39 is 23.5 Å². The summed E-state index contributed by atoms with van der Waals surface area (Å²) in [4.78, 5) is 10.6. The number of aromatic hydroxyl groups is 1. The maximum absolute atomic E-state index is 13.4. The number of aliphatic carboxylic acids is 1. The number of carboxylic acids is 1. The van der Waals surface area contributed by atoms with Crippen molar-refractivity contribution in [2.24, 2.45) is 5.92 Å². The summed E-state index contributed by atoms with van der Waals surface area (Å²) in [6.07, 6.45) is 0.0798. The lowest BCUT2D eigenvalue weighted by molar-refractivity contribution is -0.141. The molecule has 2 N–H and O–H groups in total. The van der Waals surface area contributed by atoms with Crippen LogP contribution in [0, 0.1) is 18.7 Å². The topological polar surface area (TPSA) is 57.5 Å². The lowest BCUT2D eigenvalue weighted by atomic mass is 9.99. The van der Waals surface area contributed by atoms with Gasteiger partial charge in [0.2, 0.25) is 0 Å². The monoisotopic (exact) mass is 212 g/mol. The number of aryl methyl sites for hydroxylation is 1. The molecule has 0 aliphatic rings. The molecule has 1 aromatic carbocycles. The van der Waals surface area contributed by atoms with E-state index in [1.807, 2.05) is 0 Å². The highest BCUT2D eigenvalue weighted by Gasteiger charge is 2.16. The molecule has 0 heterocycles. The SMILES string of the molecule is Cc1cc(O)c(F)c(CC(C)C(=O)O)c1. The van der Waals surface area contributed by atoms with E-state index >= 15 is 0 Å². The molecule has 0 amide bonds. The van der Waals surface area contributed by atoms with Crippen LogP contribution in [0.2, 0.25) is 0 Å². The summed E-state index contributed by atoms with van der Waals surface area (Å²) in [5.74, 6) is -2.80. The Morgan fingerprint density at radius 2 is 2.13 bits per heavy atom. The van der Waals surface area contributed by atoms with Gasteiger partial charge in [-0.2, -0.15) is 0 Å². The van der Waals surface area contributed by atoms with Crippen molar-refractivity contribution in [3.8, 4) is 5.75 Å². The molecule has 1 unspecified atom stereocenters. The first-order valence-corrected chi connectivity index (χ1v) is 4.62.